The third-order valence-corrected chi connectivity index (χ3v) is 4.86. The number of hydrogen-bond acceptors (Lipinski definition) is 6. The van der Waals surface area contributed by atoms with Crippen molar-refractivity contribution in [3.63, 3.8) is 0 Å². The molecule has 1 aromatic carbocycles. The Morgan fingerprint density at radius 2 is 1.89 bits per heavy atom. The van der Waals surface area contributed by atoms with Gasteiger partial charge in [0.1, 0.15) is 5.82 Å². The van der Waals surface area contributed by atoms with Crippen molar-refractivity contribution in [3.05, 3.63) is 66.2 Å². The standard InChI is InChI=1S/C21H23N5O2/c1-2-16-5-7-17(8-6-16)23-19-9-10-22-21(24-19)26-13-11-25(12-14-26)20(27)18-4-3-15-28-18/h3-10,15H,2,11-14H2,1H3,(H,22,23,24). The summed E-state index contributed by atoms with van der Waals surface area (Å²) in [4.78, 5) is 25.3. The van der Waals surface area contributed by atoms with Crippen molar-refractivity contribution in [2.24, 2.45) is 0 Å². The van der Waals surface area contributed by atoms with Gasteiger partial charge in [0, 0.05) is 38.1 Å². The molecule has 1 saturated heterocycles. The minimum Gasteiger partial charge on any atom is -0.459 e. The number of furan rings is 1. The molecule has 1 amide bonds. The Labute approximate surface area is 164 Å². The first-order valence-electron chi connectivity index (χ1n) is 9.49. The fraction of sp³-hybridized carbons (Fsp3) is 0.286. The van der Waals surface area contributed by atoms with Crippen LogP contribution in [0, 0.1) is 0 Å². The van der Waals surface area contributed by atoms with Gasteiger partial charge in [0.15, 0.2) is 5.76 Å². The summed E-state index contributed by atoms with van der Waals surface area (Å²) in [5.74, 6) is 1.73. The summed E-state index contributed by atoms with van der Waals surface area (Å²) in [5, 5.41) is 3.33. The van der Waals surface area contributed by atoms with Gasteiger partial charge in [0.25, 0.3) is 5.91 Å². The van der Waals surface area contributed by atoms with E-state index in [9.17, 15) is 4.79 Å². The van der Waals surface area contributed by atoms with Crippen molar-refractivity contribution < 1.29 is 9.21 Å². The third kappa shape index (κ3) is 3.98. The zero-order valence-electron chi connectivity index (χ0n) is 15.8. The number of aryl methyl sites for hydroxylation is 1. The lowest BCUT2D eigenvalue weighted by molar-refractivity contribution is 0.0714. The van der Waals surface area contributed by atoms with Crippen LogP contribution in [0.1, 0.15) is 23.0 Å². The number of piperazine rings is 1. The summed E-state index contributed by atoms with van der Waals surface area (Å²) in [6, 6.07) is 13.6. The smallest absolute Gasteiger partial charge is 0.289 e. The van der Waals surface area contributed by atoms with Crippen LogP contribution in [0.5, 0.6) is 0 Å². The van der Waals surface area contributed by atoms with Crippen LogP contribution >= 0.6 is 0 Å². The molecule has 0 spiro atoms. The van der Waals surface area contributed by atoms with Crippen LogP contribution in [-0.2, 0) is 6.42 Å². The van der Waals surface area contributed by atoms with Gasteiger partial charge in [-0.2, -0.15) is 4.98 Å². The summed E-state index contributed by atoms with van der Waals surface area (Å²) >= 11 is 0. The maximum absolute atomic E-state index is 12.4. The molecule has 28 heavy (non-hydrogen) atoms. The molecule has 2 aromatic heterocycles. The van der Waals surface area contributed by atoms with E-state index in [1.807, 2.05) is 6.07 Å². The van der Waals surface area contributed by atoms with Crippen molar-refractivity contribution in [2.45, 2.75) is 13.3 Å². The Kier molecular flexibility index (Phi) is 5.23. The average Bonchev–Trinajstić information content (AvgIpc) is 3.29. The van der Waals surface area contributed by atoms with Crippen molar-refractivity contribution in [1.82, 2.24) is 14.9 Å². The summed E-state index contributed by atoms with van der Waals surface area (Å²) in [6.07, 6.45) is 4.30. The van der Waals surface area contributed by atoms with Gasteiger partial charge in [0.05, 0.1) is 6.26 Å². The highest BCUT2D eigenvalue weighted by Gasteiger charge is 2.24. The lowest BCUT2D eigenvalue weighted by Gasteiger charge is -2.34. The molecule has 0 radical (unpaired) electrons. The van der Waals surface area contributed by atoms with E-state index in [0.717, 1.165) is 17.9 Å². The Morgan fingerprint density at radius 1 is 1.11 bits per heavy atom. The van der Waals surface area contributed by atoms with Crippen LogP contribution in [0.3, 0.4) is 0 Å². The molecule has 1 aliphatic rings. The molecule has 0 unspecified atom stereocenters. The van der Waals surface area contributed by atoms with Gasteiger partial charge in [-0.1, -0.05) is 19.1 Å². The van der Waals surface area contributed by atoms with E-state index >= 15 is 0 Å². The quantitative estimate of drug-likeness (QED) is 0.735. The number of benzene rings is 1. The molecule has 4 rings (SSSR count). The van der Waals surface area contributed by atoms with Gasteiger partial charge in [-0.3, -0.25) is 4.79 Å². The highest BCUT2D eigenvalue weighted by molar-refractivity contribution is 5.91. The summed E-state index contributed by atoms with van der Waals surface area (Å²) in [7, 11) is 0. The number of amides is 1. The molecule has 7 nitrogen and oxygen atoms in total. The second-order valence-electron chi connectivity index (χ2n) is 6.67. The molecule has 1 aliphatic heterocycles. The zero-order chi connectivity index (χ0) is 19.3. The molecule has 3 heterocycles. The number of nitrogens with one attached hydrogen (secondary N) is 1. The number of carbonyl (C=O) groups is 1. The van der Waals surface area contributed by atoms with E-state index in [-0.39, 0.29) is 5.91 Å². The summed E-state index contributed by atoms with van der Waals surface area (Å²) in [5.41, 5.74) is 2.30. The Balaban J connectivity index is 1.38. The van der Waals surface area contributed by atoms with Crippen LogP contribution in [0.4, 0.5) is 17.5 Å². The Morgan fingerprint density at radius 3 is 2.57 bits per heavy atom. The fourth-order valence-corrected chi connectivity index (χ4v) is 3.21. The van der Waals surface area contributed by atoms with E-state index in [0.29, 0.717) is 37.9 Å². The maximum atomic E-state index is 12.4. The van der Waals surface area contributed by atoms with E-state index in [2.05, 4.69) is 51.4 Å². The predicted octanol–water partition coefficient (Wildman–Crippen LogP) is 3.34. The van der Waals surface area contributed by atoms with E-state index in [1.165, 1.54) is 11.8 Å². The highest BCUT2D eigenvalue weighted by Crippen LogP contribution is 2.19. The molecule has 0 atom stereocenters. The van der Waals surface area contributed by atoms with Crippen LogP contribution in [0.15, 0.2) is 59.3 Å². The number of carbonyl (C=O) groups excluding carboxylic acids is 1. The Bertz CT molecular complexity index is 916. The van der Waals surface area contributed by atoms with Crippen LogP contribution in [0.25, 0.3) is 0 Å². The molecule has 0 aliphatic carbocycles. The second-order valence-corrected chi connectivity index (χ2v) is 6.67. The van der Waals surface area contributed by atoms with E-state index < -0.39 is 0 Å². The van der Waals surface area contributed by atoms with Crippen LogP contribution in [-0.4, -0.2) is 47.0 Å². The van der Waals surface area contributed by atoms with Crippen molar-refractivity contribution in [1.29, 1.82) is 0 Å². The van der Waals surface area contributed by atoms with Crippen molar-refractivity contribution >= 4 is 23.4 Å². The highest BCUT2D eigenvalue weighted by atomic mass is 16.3. The first-order valence-corrected chi connectivity index (χ1v) is 9.49. The lowest BCUT2D eigenvalue weighted by atomic mass is 10.1. The van der Waals surface area contributed by atoms with Crippen LogP contribution < -0.4 is 10.2 Å². The summed E-state index contributed by atoms with van der Waals surface area (Å²) in [6.45, 7) is 4.72. The molecular weight excluding hydrogens is 354 g/mol. The number of aromatic nitrogens is 2. The SMILES string of the molecule is CCc1ccc(Nc2ccnc(N3CCN(C(=O)c4ccco4)CC3)n2)cc1. The molecule has 1 fully saturated rings. The van der Waals surface area contributed by atoms with E-state index in [1.54, 1.807) is 23.2 Å². The topological polar surface area (TPSA) is 74.5 Å². The number of rotatable bonds is 5. The van der Waals surface area contributed by atoms with Gasteiger partial charge in [-0.15, -0.1) is 0 Å². The number of hydrogen-bond donors (Lipinski definition) is 1. The molecule has 0 saturated carbocycles. The third-order valence-electron chi connectivity index (χ3n) is 4.86. The minimum atomic E-state index is -0.0727. The van der Waals surface area contributed by atoms with Gasteiger partial charge >= 0.3 is 0 Å². The largest absolute Gasteiger partial charge is 0.459 e. The van der Waals surface area contributed by atoms with Gasteiger partial charge in [-0.05, 0) is 42.3 Å². The molecule has 0 bridgehead atoms. The Hall–Kier alpha value is -3.35. The average molecular weight is 377 g/mol. The van der Waals surface area contributed by atoms with Gasteiger partial charge in [0.2, 0.25) is 5.95 Å². The molecule has 3 aromatic rings. The fourth-order valence-electron chi connectivity index (χ4n) is 3.21. The second kappa shape index (κ2) is 8.12. The number of anilines is 3. The first kappa shape index (κ1) is 18.0. The van der Waals surface area contributed by atoms with Crippen LogP contribution in [0.2, 0.25) is 0 Å². The van der Waals surface area contributed by atoms with E-state index in [4.69, 9.17) is 4.42 Å². The predicted molar refractivity (Wildman–Crippen MR) is 108 cm³/mol. The van der Waals surface area contributed by atoms with Gasteiger partial charge < -0.3 is 19.5 Å². The minimum absolute atomic E-state index is 0.0727. The summed E-state index contributed by atoms with van der Waals surface area (Å²) < 4.78 is 5.21. The molecule has 7 heteroatoms. The van der Waals surface area contributed by atoms with Crippen molar-refractivity contribution in [3.8, 4) is 0 Å². The molecule has 144 valence electrons. The van der Waals surface area contributed by atoms with Crippen molar-refractivity contribution in [2.75, 3.05) is 36.4 Å². The first-order chi connectivity index (χ1) is 13.7. The molecular formula is C21H23N5O2. The number of nitrogens with zero attached hydrogens (tertiary/aromatic N) is 4. The molecule has 1 N–H and O–H groups in total. The lowest BCUT2D eigenvalue weighted by Crippen LogP contribution is -2.49. The monoisotopic (exact) mass is 377 g/mol. The maximum Gasteiger partial charge on any atom is 0.289 e. The van der Waals surface area contributed by atoms with Gasteiger partial charge in [-0.25, -0.2) is 4.98 Å². The normalized spacial score (nSPS) is 14.2. The zero-order valence-corrected chi connectivity index (χ0v) is 15.8.